The topological polar surface area (TPSA) is 66.6 Å². The lowest BCUT2D eigenvalue weighted by Gasteiger charge is -2.24. The number of rotatable bonds is 4. The van der Waals surface area contributed by atoms with Crippen LogP contribution in [0.3, 0.4) is 0 Å². The average molecular weight is 202 g/mol. The molecule has 0 aliphatic heterocycles. The largest absolute Gasteiger partial charge is 0.382 e. The molecule has 84 valence electrons. The average Bonchev–Trinajstić information content (AvgIpc) is 2.10. The van der Waals surface area contributed by atoms with E-state index in [-0.39, 0.29) is 17.9 Å². The lowest BCUT2D eigenvalue weighted by Crippen LogP contribution is -2.41. The number of carbonyl (C=O) groups is 1. The molecular formula is C10H22N2O2. The van der Waals surface area contributed by atoms with Gasteiger partial charge in [-0.1, -0.05) is 20.8 Å². The maximum absolute atomic E-state index is 11.4. The van der Waals surface area contributed by atoms with Gasteiger partial charge in [0.25, 0.3) is 5.91 Å². The van der Waals surface area contributed by atoms with Crippen molar-refractivity contribution in [3.63, 3.8) is 0 Å². The number of hydrogen-bond donors (Lipinski definition) is 2. The standard InChI is InChI=1S/C10H22N2O2/c1-10(2,3)5-6-12(4)9(14)8(13)7-11/h8,13H,5-7,11H2,1-4H3. The third-order valence-corrected chi connectivity index (χ3v) is 2.08. The van der Waals surface area contributed by atoms with Crippen LogP contribution in [0.15, 0.2) is 0 Å². The molecule has 1 amide bonds. The van der Waals surface area contributed by atoms with Gasteiger partial charge in [0.05, 0.1) is 0 Å². The van der Waals surface area contributed by atoms with Gasteiger partial charge in [-0.3, -0.25) is 4.79 Å². The molecule has 0 aromatic rings. The SMILES string of the molecule is CN(CCC(C)(C)C)C(=O)C(O)CN. The molecule has 0 saturated heterocycles. The van der Waals surface area contributed by atoms with Crippen LogP contribution in [0.5, 0.6) is 0 Å². The van der Waals surface area contributed by atoms with Crippen molar-refractivity contribution in [1.82, 2.24) is 4.90 Å². The van der Waals surface area contributed by atoms with E-state index in [4.69, 9.17) is 5.73 Å². The van der Waals surface area contributed by atoms with Crippen LogP contribution in [0.2, 0.25) is 0 Å². The zero-order valence-corrected chi connectivity index (χ0v) is 9.58. The van der Waals surface area contributed by atoms with E-state index in [9.17, 15) is 9.90 Å². The monoisotopic (exact) mass is 202 g/mol. The van der Waals surface area contributed by atoms with Crippen LogP contribution in [0, 0.1) is 5.41 Å². The Morgan fingerprint density at radius 1 is 1.50 bits per heavy atom. The molecule has 0 rings (SSSR count). The van der Waals surface area contributed by atoms with E-state index in [1.54, 1.807) is 7.05 Å². The number of nitrogens with zero attached hydrogens (tertiary/aromatic N) is 1. The zero-order chi connectivity index (χ0) is 11.4. The molecule has 3 N–H and O–H groups in total. The second-order valence-corrected chi connectivity index (χ2v) is 4.82. The highest BCUT2D eigenvalue weighted by Gasteiger charge is 2.19. The summed E-state index contributed by atoms with van der Waals surface area (Å²) in [6, 6.07) is 0. The molecule has 0 aromatic heterocycles. The van der Waals surface area contributed by atoms with Crippen LogP contribution in [-0.4, -0.2) is 42.2 Å². The van der Waals surface area contributed by atoms with Crippen molar-refractivity contribution in [2.75, 3.05) is 20.1 Å². The predicted molar refractivity (Wildman–Crippen MR) is 56.8 cm³/mol. The van der Waals surface area contributed by atoms with Crippen molar-refractivity contribution in [1.29, 1.82) is 0 Å². The minimum absolute atomic E-state index is 0.0152. The predicted octanol–water partition coefficient (Wildman–Crippen LogP) is 0.201. The van der Waals surface area contributed by atoms with E-state index in [1.807, 2.05) is 0 Å². The van der Waals surface area contributed by atoms with Crippen LogP contribution >= 0.6 is 0 Å². The molecule has 0 bridgehead atoms. The van der Waals surface area contributed by atoms with E-state index < -0.39 is 6.10 Å². The third-order valence-electron chi connectivity index (χ3n) is 2.08. The molecular weight excluding hydrogens is 180 g/mol. The number of carbonyl (C=O) groups excluding carboxylic acids is 1. The molecule has 0 heterocycles. The van der Waals surface area contributed by atoms with Gasteiger partial charge < -0.3 is 15.7 Å². The van der Waals surface area contributed by atoms with Gasteiger partial charge in [-0.2, -0.15) is 0 Å². The Morgan fingerprint density at radius 3 is 2.36 bits per heavy atom. The fraction of sp³-hybridized carbons (Fsp3) is 0.900. The maximum atomic E-state index is 11.4. The number of nitrogens with two attached hydrogens (primary N) is 1. The minimum atomic E-state index is -1.06. The second kappa shape index (κ2) is 5.32. The summed E-state index contributed by atoms with van der Waals surface area (Å²) in [7, 11) is 1.69. The van der Waals surface area contributed by atoms with E-state index in [1.165, 1.54) is 4.90 Å². The molecule has 1 unspecified atom stereocenters. The molecule has 0 aliphatic rings. The molecule has 1 atom stereocenters. The summed E-state index contributed by atoms with van der Waals surface area (Å²) in [6.45, 7) is 6.98. The summed E-state index contributed by atoms with van der Waals surface area (Å²) in [5, 5.41) is 9.21. The highest BCUT2D eigenvalue weighted by molar-refractivity contribution is 5.80. The Labute approximate surface area is 86.1 Å². The van der Waals surface area contributed by atoms with Gasteiger partial charge >= 0.3 is 0 Å². The zero-order valence-electron chi connectivity index (χ0n) is 9.58. The van der Waals surface area contributed by atoms with Gasteiger partial charge in [0.15, 0.2) is 0 Å². The first-order chi connectivity index (χ1) is 6.28. The Morgan fingerprint density at radius 2 is 2.00 bits per heavy atom. The molecule has 0 spiro atoms. The van der Waals surface area contributed by atoms with Gasteiger partial charge in [-0.05, 0) is 11.8 Å². The smallest absolute Gasteiger partial charge is 0.252 e. The molecule has 0 fully saturated rings. The Bertz CT molecular complexity index is 187. The Balaban J connectivity index is 3.97. The Hall–Kier alpha value is -0.610. The van der Waals surface area contributed by atoms with Gasteiger partial charge in [0, 0.05) is 20.1 Å². The summed E-state index contributed by atoms with van der Waals surface area (Å²) >= 11 is 0. The summed E-state index contributed by atoms with van der Waals surface area (Å²) in [5.41, 5.74) is 5.39. The van der Waals surface area contributed by atoms with Gasteiger partial charge in [-0.15, -0.1) is 0 Å². The van der Waals surface area contributed by atoms with E-state index in [0.29, 0.717) is 6.54 Å². The van der Waals surface area contributed by atoms with Crippen molar-refractivity contribution in [2.24, 2.45) is 11.1 Å². The lowest BCUT2D eigenvalue weighted by atomic mass is 9.92. The minimum Gasteiger partial charge on any atom is -0.382 e. The fourth-order valence-corrected chi connectivity index (χ4v) is 0.969. The van der Waals surface area contributed by atoms with Crippen molar-refractivity contribution < 1.29 is 9.90 Å². The highest BCUT2D eigenvalue weighted by atomic mass is 16.3. The summed E-state index contributed by atoms with van der Waals surface area (Å²) in [6.07, 6.45) is -0.146. The molecule has 4 heteroatoms. The summed E-state index contributed by atoms with van der Waals surface area (Å²) in [5.74, 6) is -0.295. The van der Waals surface area contributed by atoms with Crippen LogP contribution < -0.4 is 5.73 Å². The number of hydrogen-bond acceptors (Lipinski definition) is 3. The normalized spacial score (nSPS) is 13.9. The van der Waals surface area contributed by atoms with E-state index >= 15 is 0 Å². The molecule has 0 saturated carbocycles. The molecule has 0 radical (unpaired) electrons. The van der Waals surface area contributed by atoms with Crippen LogP contribution in [0.4, 0.5) is 0 Å². The van der Waals surface area contributed by atoms with Gasteiger partial charge in [0.2, 0.25) is 0 Å². The van der Waals surface area contributed by atoms with Crippen LogP contribution in [0.1, 0.15) is 27.2 Å². The van der Waals surface area contributed by atoms with Crippen LogP contribution in [0.25, 0.3) is 0 Å². The first-order valence-electron chi connectivity index (χ1n) is 4.91. The summed E-state index contributed by atoms with van der Waals surface area (Å²) in [4.78, 5) is 12.9. The van der Waals surface area contributed by atoms with Crippen LogP contribution in [-0.2, 0) is 4.79 Å². The molecule has 0 aliphatic carbocycles. The quantitative estimate of drug-likeness (QED) is 0.684. The van der Waals surface area contributed by atoms with Crippen molar-refractivity contribution in [3.05, 3.63) is 0 Å². The second-order valence-electron chi connectivity index (χ2n) is 4.82. The van der Waals surface area contributed by atoms with Crippen molar-refractivity contribution >= 4 is 5.91 Å². The first-order valence-corrected chi connectivity index (χ1v) is 4.91. The van der Waals surface area contributed by atoms with E-state index in [0.717, 1.165) is 6.42 Å². The van der Waals surface area contributed by atoms with Gasteiger partial charge in [0.1, 0.15) is 6.10 Å². The maximum Gasteiger partial charge on any atom is 0.252 e. The fourth-order valence-electron chi connectivity index (χ4n) is 0.969. The lowest BCUT2D eigenvalue weighted by molar-refractivity contribution is -0.138. The number of likely N-dealkylation sites (N-methyl/N-ethyl adjacent to an activating group) is 1. The number of aliphatic hydroxyl groups excluding tert-OH is 1. The molecule has 14 heavy (non-hydrogen) atoms. The number of amides is 1. The molecule has 0 aromatic carbocycles. The highest BCUT2D eigenvalue weighted by Crippen LogP contribution is 2.18. The molecule has 4 nitrogen and oxygen atoms in total. The third kappa shape index (κ3) is 5.19. The van der Waals surface area contributed by atoms with Crippen molar-refractivity contribution in [2.45, 2.75) is 33.3 Å². The first kappa shape index (κ1) is 13.4. The Kier molecular flexibility index (Phi) is 5.08. The van der Waals surface area contributed by atoms with Crippen molar-refractivity contribution in [3.8, 4) is 0 Å². The number of aliphatic hydroxyl groups is 1. The van der Waals surface area contributed by atoms with E-state index in [2.05, 4.69) is 20.8 Å². The summed E-state index contributed by atoms with van der Waals surface area (Å²) < 4.78 is 0. The van der Waals surface area contributed by atoms with Gasteiger partial charge in [-0.25, -0.2) is 0 Å².